The first kappa shape index (κ1) is 27.5. The van der Waals surface area contributed by atoms with Gasteiger partial charge in [-0.15, -0.1) is 0 Å². The van der Waals surface area contributed by atoms with E-state index in [1.807, 2.05) is 18.2 Å². The van der Waals surface area contributed by atoms with Gasteiger partial charge in [-0.25, -0.2) is 15.0 Å². The predicted molar refractivity (Wildman–Crippen MR) is 201 cm³/mol. The standard InChI is InChI=1S/C45H27N3O/c1-2-11-29(12-3-1)39-26-36(23-32-14-6-7-15-37(32)39)45-47-43(33-20-18-28-10-4-5-13-30(28)22-33)46-44(48-45)34-21-19-31-25-40-38-16-8-9-17-41(38)49-42(40)27-35(31)24-34/h1-27H. The molecule has 0 saturated carbocycles. The maximum atomic E-state index is 6.24. The molecule has 0 atom stereocenters. The number of aromatic nitrogens is 3. The number of hydrogen-bond donors (Lipinski definition) is 0. The first-order valence-electron chi connectivity index (χ1n) is 16.4. The van der Waals surface area contributed by atoms with Crippen molar-refractivity contribution in [3.63, 3.8) is 0 Å². The van der Waals surface area contributed by atoms with Crippen LogP contribution in [0.2, 0.25) is 0 Å². The molecule has 8 aromatic carbocycles. The van der Waals surface area contributed by atoms with E-state index in [2.05, 4.69) is 146 Å². The summed E-state index contributed by atoms with van der Waals surface area (Å²) in [6, 6.07) is 57.1. The summed E-state index contributed by atoms with van der Waals surface area (Å²) in [4.78, 5) is 15.4. The molecule has 0 saturated heterocycles. The summed E-state index contributed by atoms with van der Waals surface area (Å²) in [6.45, 7) is 0. The summed E-state index contributed by atoms with van der Waals surface area (Å²) in [7, 11) is 0. The molecule has 0 unspecified atom stereocenters. The van der Waals surface area contributed by atoms with Gasteiger partial charge >= 0.3 is 0 Å². The minimum atomic E-state index is 0.620. The van der Waals surface area contributed by atoms with Crippen LogP contribution in [0.15, 0.2) is 168 Å². The molecule has 0 aliphatic rings. The number of hydrogen-bond acceptors (Lipinski definition) is 4. The van der Waals surface area contributed by atoms with Crippen LogP contribution in [0.3, 0.4) is 0 Å². The Hall–Kier alpha value is -6.65. The fourth-order valence-corrected chi connectivity index (χ4v) is 7.00. The van der Waals surface area contributed by atoms with Gasteiger partial charge in [0, 0.05) is 27.5 Å². The highest BCUT2D eigenvalue weighted by Crippen LogP contribution is 2.36. The van der Waals surface area contributed by atoms with E-state index in [9.17, 15) is 0 Å². The Morgan fingerprint density at radius 3 is 1.67 bits per heavy atom. The zero-order valence-electron chi connectivity index (χ0n) is 26.3. The lowest BCUT2D eigenvalue weighted by molar-refractivity contribution is 0.669. The molecule has 4 heteroatoms. The highest BCUT2D eigenvalue weighted by atomic mass is 16.3. The van der Waals surface area contributed by atoms with E-state index >= 15 is 0 Å². The quantitative estimate of drug-likeness (QED) is 0.195. The number of benzene rings is 8. The van der Waals surface area contributed by atoms with Crippen molar-refractivity contribution >= 4 is 54.3 Å². The third kappa shape index (κ3) is 4.73. The summed E-state index contributed by atoms with van der Waals surface area (Å²) in [5.41, 5.74) is 6.84. The molecule has 10 rings (SSSR count). The van der Waals surface area contributed by atoms with Crippen molar-refractivity contribution in [3.8, 4) is 45.3 Å². The second kappa shape index (κ2) is 11.0. The van der Waals surface area contributed by atoms with Crippen LogP contribution in [0.4, 0.5) is 0 Å². The highest BCUT2D eigenvalue weighted by molar-refractivity contribution is 6.10. The molecule has 0 radical (unpaired) electrons. The Bertz CT molecular complexity index is 2890. The molecule has 4 nitrogen and oxygen atoms in total. The molecule has 2 aromatic heterocycles. The van der Waals surface area contributed by atoms with Crippen molar-refractivity contribution in [1.29, 1.82) is 0 Å². The molecule has 0 fully saturated rings. The van der Waals surface area contributed by atoms with Gasteiger partial charge in [-0.2, -0.15) is 0 Å². The number of rotatable bonds is 4. The van der Waals surface area contributed by atoms with Crippen LogP contribution in [0.5, 0.6) is 0 Å². The third-order valence-electron chi connectivity index (χ3n) is 9.44. The lowest BCUT2D eigenvalue weighted by atomic mass is 9.95. The summed E-state index contributed by atoms with van der Waals surface area (Å²) in [5, 5.41) is 9.07. The van der Waals surface area contributed by atoms with Gasteiger partial charge in [0.05, 0.1) is 0 Å². The van der Waals surface area contributed by atoms with Crippen molar-refractivity contribution < 1.29 is 4.42 Å². The van der Waals surface area contributed by atoms with Crippen LogP contribution in [-0.2, 0) is 0 Å². The number of fused-ring (bicyclic) bond motifs is 6. The van der Waals surface area contributed by atoms with Gasteiger partial charge < -0.3 is 4.42 Å². The molecular weight excluding hydrogens is 599 g/mol. The first-order chi connectivity index (χ1) is 24.2. The van der Waals surface area contributed by atoms with Crippen LogP contribution in [0.25, 0.3) is 99.5 Å². The van der Waals surface area contributed by atoms with Crippen molar-refractivity contribution in [3.05, 3.63) is 164 Å². The van der Waals surface area contributed by atoms with Crippen LogP contribution in [-0.4, -0.2) is 15.0 Å². The maximum absolute atomic E-state index is 6.24. The fraction of sp³-hybridized carbons (Fsp3) is 0. The molecular formula is C45H27N3O. The van der Waals surface area contributed by atoms with Gasteiger partial charge in [0.15, 0.2) is 17.5 Å². The Labute approximate surface area is 282 Å². The molecule has 0 bridgehead atoms. The monoisotopic (exact) mass is 625 g/mol. The van der Waals surface area contributed by atoms with Crippen LogP contribution < -0.4 is 0 Å². The number of para-hydroxylation sites is 1. The molecule has 10 aromatic rings. The number of furan rings is 1. The van der Waals surface area contributed by atoms with Crippen LogP contribution >= 0.6 is 0 Å². The molecule has 0 aliphatic carbocycles. The molecule has 0 spiro atoms. The molecule has 49 heavy (non-hydrogen) atoms. The minimum absolute atomic E-state index is 0.620. The minimum Gasteiger partial charge on any atom is -0.456 e. The molecule has 0 N–H and O–H groups in total. The van der Waals surface area contributed by atoms with E-state index in [0.717, 1.165) is 71.3 Å². The lowest BCUT2D eigenvalue weighted by Gasteiger charge is -2.13. The van der Waals surface area contributed by atoms with Gasteiger partial charge in [-0.3, -0.25) is 0 Å². The normalized spacial score (nSPS) is 11.7. The second-order valence-electron chi connectivity index (χ2n) is 12.5. The smallest absolute Gasteiger partial charge is 0.164 e. The second-order valence-corrected chi connectivity index (χ2v) is 12.5. The van der Waals surface area contributed by atoms with Gasteiger partial charge in [0.25, 0.3) is 0 Å². The zero-order chi connectivity index (χ0) is 32.3. The zero-order valence-corrected chi connectivity index (χ0v) is 26.3. The third-order valence-corrected chi connectivity index (χ3v) is 9.44. The Morgan fingerprint density at radius 2 is 0.878 bits per heavy atom. The first-order valence-corrected chi connectivity index (χ1v) is 16.4. The average Bonchev–Trinajstić information content (AvgIpc) is 3.53. The van der Waals surface area contributed by atoms with E-state index in [0.29, 0.717) is 17.5 Å². The lowest BCUT2D eigenvalue weighted by Crippen LogP contribution is -2.00. The van der Waals surface area contributed by atoms with Gasteiger partial charge in [-0.1, -0.05) is 121 Å². The van der Waals surface area contributed by atoms with E-state index in [1.165, 1.54) is 10.8 Å². The molecule has 0 aliphatic heterocycles. The largest absolute Gasteiger partial charge is 0.456 e. The maximum Gasteiger partial charge on any atom is 0.164 e. The Morgan fingerprint density at radius 1 is 0.306 bits per heavy atom. The van der Waals surface area contributed by atoms with E-state index in [-0.39, 0.29) is 0 Å². The van der Waals surface area contributed by atoms with E-state index in [1.54, 1.807) is 0 Å². The van der Waals surface area contributed by atoms with Gasteiger partial charge in [0.1, 0.15) is 11.2 Å². The summed E-state index contributed by atoms with van der Waals surface area (Å²) in [5.74, 6) is 1.88. The van der Waals surface area contributed by atoms with Crippen molar-refractivity contribution in [2.24, 2.45) is 0 Å². The average molecular weight is 626 g/mol. The van der Waals surface area contributed by atoms with E-state index in [4.69, 9.17) is 19.4 Å². The van der Waals surface area contributed by atoms with Crippen molar-refractivity contribution in [1.82, 2.24) is 15.0 Å². The Kier molecular flexibility index (Phi) is 6.15. The van der Waals surface area contributed by atoms with Crippen LogP contribution in [0.1, 0.15) is 0 Å². The fourth-order valence-electron chi connectivity index (χ4n) is 7.00. The summed E-state index contributed by atoms with van der Waals surface area (Å²) >= 11 is 0. The number of nitrogens with zero attached hydrogens (tertiary/aromatic N) is 3. The molecule has 2 heterocycles. The van der Waals surface area contributed by atoms with Crippen molar-refractivity contribution in [2.75, 3.05) is 0 Å². The molecule has 0 amide bonds. The van der Waals surface area contributed by atoms with Crippen molar-refractivity contribution in [2.45, 2.75) is 0 Å². The SMILES string of the molecule is c1ccc(-c2cc(-c3nc(-c4ccc5ccccc5c4)nc(-c4ccc5cc6c(cc5c4)oc4ccccc46)n3)cc3ccccc23)cc1. The van der Waals surface area contributed by atoms with Gasteiger partial charge in [0.2, 0.25) is 0 Å². The van der Waals surface area contributed by atoms with Crippen LogP contribution in [0, 0.1) is 0 Å². The summed E-state index contributed by atoms with van der Waals surface area (Å²) < 4.78 is 6.24. The Balaban J connectivity index is 1.19. The molecule has 228 valence electrons. The van der Waals surface area contributed by atoms with Gasteiger partial charge in [-0.05, 0) is 85.9 Å². The summed E-state index contributed by atoms with van der Waals surface area (Å²) in [6.07, 6.45) is 0. The highest BCUT2D eigenvalue weighted by Gasteiger charge is 2.16. The van der Waals surface area contributed by atoms with E-state index < -0.39 is 0 Å². The predicted octanol–water partition coefficient (Wildman–Crippen LogP) is 11.9. The topological polar surface area (TPSA) is 51.8 Å².